The van der Waals surface area contributed by atoms with E-state index in [0.29, 0.717) is 0 Å². The van der Waals surface area contributed by atoms with E-state index in [1.807, 2.05) is 46.1 Å². The van der Waals surface area contributed by atoms with Crippen molar-refractivity contribution in [2.75, 3.05) is 30.8 Å². The lowest BCUT2D eigenvalue weighted by atomic mass is 9.97. The number of nitrogens with one attached hydrogen (secondary N) is 1. The molecular weight excluding hydrogens is 512 g/mol. The highest BCUT2D eigenvalue weighted by Crippen LogP contribution is 2.35. The Morgan fingerprint density at radius 1 is 1.18 bits per heavy atom. The van der Waals surface area contributed by atoms with Gasteiger partial charge in [-0.25, -0.2) is 14.2 Å². The monoisotopic (exact) mass is 542 g/mol. The summed E-state index contributed by atoms with van der Waals surface area (Å²) in [5.41, 5.74) is 3.88. The molecule has 0 spiro atoms. The molecule has 3 aromatic rings. The molecule has 34 heavy (non-hydrogen) atoms. The first-order valence-electron chi connectivity index (χ1n) is 12.0. The van der Waals surface area contributed by atoms with Crippen molar-refractivity contribution >= 4 is 45.3 Å². The number of amides is 1. The maximum atomic E-state index is 13.9. The molecule has 2 aromatic heterocycles. The molecule has 7 nitrogen and oxygen atoms in total. The molecule has 2 fully saturated rings. The van der Waals surface area contributed by atoms with Gasteiger partial charge >= 0.3 is 0 Å². The van der Waals surface area contributed by atoms with E-state index >= 15 is 0 Å². The van der Waals surface area contributed by atoms with E-state index in [-0.39, 0.29) is 11.9 Å². The van der Waals surface area contributed by atoms with Gasteiger partial charge in [0.25, 0.3) is 0 Å². The zero-order valence-corrected chi connectivity index (χ0v) is 22.1. The van der Waals surface area contributed by atoms with Crippen LogP contribution in [0, 0.1) is 6.92 Å². The molecule has 2 saturated heterocycles. The summed E-state index contributed by atoms with van der Waals surface area (Å²) >= 11 is 5.10. The fraction of sp³-hybridized carbons (Fsp3) is 0.480. The van der Waals surface area contributed by atoms with Gasteiger partial charge in [-0.05, 0) is 68.5 Å². The number of benzene rings is 1. The second kappa shape index (κ2) is 10.3. The minimum Gasteiger partial charge on any atom is -0.355 e. The maximum Gasteiger partial charge on any atom is 0.245 e. The van der Waals surface area contributed by atoms with Gasteiger partial charge in [0, 0.05) is 24.1 Å². The fourth-order valence-corrected chi connectivity index (χ4v) is 6.14. The van der Waals surface area contributed by atoms with Gasteiger partial charge in [-0.1, -0.05) is 46.1 Å². The highest BCUT2D eigenvalue weighted by atomic mass is 79.9. The van der Waals surface area contributed by atoms with Gasteiger partial charge < -0.3 is 9.80 Å². The summed E-state index contributed by atoms with van der Waals surface area (Å²) in [5, 5.41) is 4.92. The second-order valence-corrected chi connectivity index (χ2v) is 10.6. The summed E-state index contributed by atoms with van der Waals surface area (Å²) in [6.07, 6.45) is 9.43. The number of fused-ring (bicyclic) bond motifs is 1. The quantitative estimate of drug-likeness (QED) is 0.439. The lowest BCUT2D eigenvalue weighted by Gasteiger charge is -2.37. The lowest BCUT2D eigenvalue weighted by Crippen LogP contribution is -2.44. The van der Waals surface area contributed by atoms with Crippen LogP contribution >= 0.6 is 27.9 Å². The van der Waals surface area contributed by atoms with Crippen LogP contribution in [-0.2, 0) is 4.79 Å². The molecule has 0 aliphatic carbocycles. The van der Waals surface area contributed by atoms with Crippen LogP contribution in [0.15, 0.2) is 41.0 Å². The van der Waals surface area contributed by atoms with Crippen molar-refractivity contribution in [1.82, 2.24) is 24.2 Å². The van der Waals surface area contributed by atoms with Gasteiger partial charge in [0.1, 0.15) is 6.04 Å². The highest BCUT2D eigenvalue weighted by molar-refractivity contribution is 9.10. The Hall–Kier alpha value is -2.10. The number of rotatable bonds is 6. The van der Waals surface area contributed by atoms with Gasteiger partial charge in [0.15, 0.2) is 11.5 Å². The van der Waals surface area contributed by atoms with Crippen LogP contribution in [0.5, 0.6) is 0 Å². The SMILES string of the molecule is CSNC(C(=O)N1CCCCC1c1cn2nc(N3CCCC3)c(C)cc2n1)c1ccccc1Br. The highest BCUT2D eigenvalue weighted by Gasteiger charge is 2.35. The van der Waals surface area contributed by atoms with Crippen LogP contribution < -0.4 is 9.62 Å². The molecule has 0 bridgehead atoms. The van der Waals surface area contributed by atoms with Crippen LogP contribution in [0.3, 0.4) is 0 Å². The number of anilines is 1. The average molecular weight is 544 g/mol. The molecule has 2 unspecified atom stereocenters. The van der Waals surface area contributed by atoms with E-state index in [4.69, 9.17) is 10.1 Å². The third-order valence-electron chi connectivity index (χ3n) is 6.87. The number of likely N-dealkylation sites (tertiary alicyclic amines) is 1. The number of hydrogen-bond acceptors (Lipinski definition) is 6. The Balaban J connectivity index is 1.47. The molecule has 9 heteroatoms. The van der Waals surface area contributed by atoms with Crippen molar-refractivity contribution in [1.29, 1.82) is 0 Å². The summed E-state index contributed by atoms with van der Waals surface area (Å²) in [5.74, 6) is 1.13. The lowest BCUT2D eigenvalue weighted by molar-refractivity contribution is -0.137. The number of nitrogens with zero attached hydrogens (tertiary/aromatic N) is 5. The van der Waals surface area contributed by atoms with Crippen LogP contribution in [0.1, 0.15) is 61.0 Å². The zero-order valence-electron chi connectivity index (χ0n) is 19.7. The standard InChI is InChI=1S/C25H31BrN6OS/c1-17-15-22-27-20(16-32(22)28-24(17)30-12-7-8-13-30)21-11-5-6-14-31(21)25(33)23(29-34-2)18-9-3-4-10-19(18)26/h3-4,9-10,15-16,21,23,29H,5-8,11-14H2,1-2H3. The number of imidazole rings is 1. The van der Waals surface area contributed by atoms with Crippen LogP contribution in [0.4, 0.5) is 5.82 Å². The van der Waals surface area contributed by atoms with E-state index in [9.17, 15) is 4.79 Å². The number of aryl methyl sites for hydroxylation is 1. The maximum absolute atomic E-state index is 13.9. The Kier molecular flexibility index (Phi) is 7.13. The molecule has 2 atom stereocenters. The second-order valence-electron chi connectivity index (χ2n) is 9.13. The Labute approximate surface area is 213 Å². The van der Waals surface area contributed by atoms with Gasteiger partial charge in [-0.2, -0.15) is 0 Å². The minimum atomic E-state index is -0.426. The van der Waals surface area contributed by atoms with Gasteiger partial charge in [-0.15, -0.1) is 5.10 Å². The molecule has 0 radical (unpaired) electrons. The largest absolute Gasteiger partial charge is 0.355 e. The zero-order chi connectivity index (χ0) is 23.7. The van der Waals surface area contributed by atoms with Crippen molar-refractivity contribution < 1.29 is 4.79 Å². The van der Waals surface area contributed by atoms with Gasteiger partial charge in [-0.3, -0.25) is 4.79 Å². The Morgan fingerprint density at radius 2 is 1.94 bits per heavy atom. The van der Waals surface area contributed by atoms with Crippen molar-refractivity contribution in [2.24, 2.45) is 0 Å². The predicted octanol–water partition coefficient (Wildman–Crippen LogP) is 5.06. The summed E-state index contributed by atoms with van der Waals surface area (Å²) in [6.45, 7) is 4.97. The predicted molar refractivity (Wildman–Crippen MR) is 141 cm³/mol. The molecule has 1 N–H and O–H groups in total. The third kappa shape index (κ3) is 4.57. The van der Waals surface area contributed by atoms with Crippen LogP contribution in [0.25, 0.3) is 5.65 Å². The molecule has 2 aliphatic rings. The molecular formula is C25H31BrN6OS. The fourth-order valence-electron chi connectivity index (χ4n) is 5.17. The topological polar surface area (TPSA) is 65.8 Å². The summed E-state index contributed by atoms with van der Waals surface area (Å²) in [7, 11) is 0. The Morgan fingerprint density at radius 3 is 2.71 bits per heavy atom. The third-order valence-corrected chi connectivity index (χ3v) is 8.06. The van der Waals surface area contributed by atoms with Crippen molar-refractivity contribution in [3.63, 3.8) is 0 Å². The van der Waals surface area contributed by atoms with E-state index in [0.717, 1.165) is 71.7 Å². The molecule has 5 rings (SSSR count). The first kappa shape index (κ1) is 23.6. The van der Waals surface area contributed by atoms with Crippen LogP contribution in [0.2, 0.25) is 0 Å². The van der Waals surface area contributed by atoms with E-state index in [2.05, 4.69) is 38.5 Å². The molecule has 1 aromatic carbocycles. The minimum absolute atomic E-state index is 0.0489. The molecule has 2 aliphatic heterocycles. The van der Waals surface area contributed by atoms with E-state index < -0.39 is 6.04 Å². The number of carbonyl (C=O) groups is 1. The number of piperidine rings is 1. The first-order chi connectivity index (χ1) is 16.6. The number of halogens is 1. The summed E-state index contributed by atoms with van der Waals surface area (Å²) in [4.78, 5) is 23.2. The van der Waals surface area contributed by atoms with E-state index in [1.54, 1.807) is 0 Å². The average Bonchev–Trinajstić information content (AvgIpc) is 3.52. The summed E-state index contributed by atoms with van der Waals surface area (Å²) in [6, 6.07) is 9.59. The van der Waals surface area contributed by atoms with Gasteiger partial charge in [0.2, 0.25) is 5.91 Å². The van der Waals surface area contributed by atoms with Crippen molar-refractivity contribution in [2.45, 2.75) is 51.1 Å². The molecule has 4 heterocycles. The number of carbonyl (C=O) groups excluding carboxylic acids is 1. The van der Waals surface area contributed by atoms with Crippen molar-refractivity contribution in [3.05, 3.63) is 57.8 Å². The van der Waals surface area contributed by atoms with E-state index in [1.165, 1.54) is 24.8 Å². The summed E-state index contributed by atoms with van der Waals surface area (Å²) < 4.78 is 6.17. The van der Waals surface area contributed by atoms with Crippen molar-refractivity contribution in [3.8, 4) is 0 Å². The number of aromatic nitrogens is 3. The number of hydrogen-bond donors (Lipinski definition) is 1. The molecule has 0 saturated carbocycles. The van der Waals surface area contributed by atoms with Gasteiger partial charge in [0.05, 0.1) is 17.9 Å². The first-order valence-corrected chi connectivity index (χ1v) is 14.0. The molecule has 180 valence electrons. The van der Waals surface area contributed by atoms with Crippen LogP contribution in [-0.4, -0.2) is 51.3 Å². The normalized spacial score (nSPS) is 19.7. The Bertz CT molecular complexity index is 1180. The molecule has 1 amide bonds. The smallest absolute Gasteiger partial charge is 0.245 e.